The van der Waals surface area contributed by atoms with Crippen LogP contribution in [-0.2, 0) is 0 Å². The second kappa shape index (κ2) is 9.79. The van der Waals surface area contributed by atoms with Crippen molar-refractivity contribution in [2.24, 2.45) is 0 Å². The predicted molar refractivity (Wildman–Crippen MR) is 125 cm³/mol. The number of ether oxygens (including phenoxy) is 1. The molecule has 0 saturated heterocycles. The van der Waals surface area contributed by atoms with E-state index in [0.717, 1.165) is 0 Å². The van der Waals surface area contributed by atoms with Gasteiger partial charge < -0.3 is 10.1 Å². The molecule has 3 amide bonds. The van der Waals surface area contributed by atoms with Gasteiger partial charge in [0.15, 0.2) is 0 Å². The summed E-state index contributed by atoms with van der Waals surface area (Å²) >= 11 is 24.7. The maximum atomic E-state index is 12.3. The molecule has 5 nitrogen and oxygen atoms in total. The minimum absolute atomic E-state index is 0.187. The topological polar surface area (TPSA) is 67.4 Å². The summed E-state index contributed by atoms with van der Waals surface area (Å²) in [5.74, 6) is 0.0999. The molecular formula is C22H16Cl4N2O3. The lowest BCUT2D eigenvalue weighted by Crippen LogP contribution is -2.34. The number of imide groups is 1. The highest BCUT2D eigenvalue weighted by Gasteiger charge is 2.18. The molecule has 0 atom stereocenters. The van der Waals surface area contributed by atoms with Gasteiger partial charge >= 0.3 is 6.03 Å². The summed E-state index contributed by atoms with van der Waals surface area (Å²) in [6, 6.07) is 12.2. The Kier molecular flexibility index (Phi) is 7.34. The Morgan fingerprint density at radius 3 is 2.32 bits per heavy atom. The largest absolute Gasteiger partial charge is 0.454 e. The summed E-state index contributed by atoms with van der Waals surface area (Å²) in [6.07, 6.45) is 0. The van der Waals surface area contributed by atoms with Crippen molar-refractivity contribution in [3.63, 3.8) is 0 Å². The molecule has 0 aromatic heterocycles. The van der Waals surface area contributed by atoms with Gasteiger partial charge in [0.05, 0.1) is 20.6 Å². The van der Waals surface area contributed by atoms with Crippen molar-refractivity contribution in [2.45, 2.75) is 13.8 Å². The highest BCUT2D eigenvalue weighted by Crippen LogP contribution is 2.41. The summed E-state index contributed by atoms with van der Waals surface area (Å²) in [4.78, 5) is 24.6. The molecule has 0 spiro atoms. The van der Waals surface area contributed by atoms with Crippen LogP contribution in [0.1, 0.15) is 21.5 Å². The fourth-order valence-electron chi connectivity index (χ4n) is 2.74. The molecule has 160 valence electrons. The quantitative estimate of drug-likeness (QED) is 0.388. The molecule has 0 unspecified atom stereocenters. The highest BCUT2D eigenvalue weighted by atomic mass is 35.5. The van der Waals surface area contributed by atoms with Crippen LogP contribution in [0.5, 0.6) is 11.5 Å². The van der Waals surface area contributed by atoms with Gasteiger partial charge in [-0.15, -0.1) is 0 Å². The third-order valence-electron chi connectivity index (χ3n) is 4.35. The average Bonchev–Trinajstić information content (AvgIpc) is 2.71. The Morgan fingerprint density at radius 2 is 1.61 bits per heavy atom. The molecule has 0 aliphatic rings. The average molecular weight is 498 g/mol. The number of rotatable bonds is 4. The number of benzene rings is 3. The molecular weight excluding hydrogens is 482 g/mol. The van der Waals surface area contributed by atoms with Crippen molar-refractivity contribution in [1.82, 2.24) is 5.32 Å². The van der Waals surface area contributed by atoms with Crippen molar-refractivity contribution >= 4 is 64.0 Å². The van der Waals surface area contributed by atoms with E-state index in [1.165, 1.54) is 6.07 Å². The van der Waals surface area contributed by atoms with E-state index in [4.69, 9.17) is 51.1 Å². The van der Waals surface area contributed by atoms with Crippen LogP contribution in [0.4, 0.5) is 10.5 Å². The van der Waals surface area contributed by atoms with Crippen LogP contribution in [0, 0.1) is 13.8 Å². The van der Waals surface area contributed by atoms with Gasteiger partial charge in [-0.05, 0) is 55.3 Å². The molecule has 0 saturated carbocycles. The van der Waals surface area contributed by atoms with E-state index in [2.05, 4.69) is 10.6 Å². The number of hydrogen-bond acceptors (Lipinski definition) is 3. The summed E-state index contributed by atoms with van der Waals surface area (Å²) < 4.78 is 5.88. The van der Waals surface area contributed by atoms with E-state index < -0.39 is 11.9 Å². The zero-order chi connectivity index (χ0) is 22.7. The Morgan fingerprint density at radius 1 is 0.903 bits per heavy atom. The number of halogens is 4. The van der Waals surface area contributed by atoms with Gasteiger partial charge in [-0.2, -0.15) is 0 Å². The van der Waals surface area contributed by atoms with Gasteiger partial charge in [0, 0.05) is 16.8 Å². The van der Waals surface area contributed by atoms with Gasteiger partial charge in [0.2, 0.25) is 0 Å². The monoisotopic (exact) mass is 496 g/mol. The first kappa shape index (κ1) is 23.2. The normalized spacial score (nSPS) is 10.5. The number of aryl methyl sites for hydroxylation is 1. The number of nitrogens with one attached hydrogen (secondary N) is 2. The Hall–Kier alpha value is -2.44. The van der Waals surface area contributed by atoms with Crippen LogP contribution in [0.2, 0.25) is 20.1 Å². The van der Waals surface area contributed by atoms with Gasteiger partial charge in [0.1, 0.15) is 11.5 Å². The number of amides is 3. The summed E-state index contributed by atoms with van der Waals surface area (Å²) in [5.41, 5.74) is 1.78. The molecule has 2 N–H and O–H groups in total. The van der Waals surface area contributed by atoms with Crippen molar-refractivity contribution < 1.29 is 14.3 Å². The van der Waals surface area contributed by atoms with Crippen LogP contribution in [0.15, 0.2) is 48.5 Å². The lowest BCUT2D eigenvalue weighted by molar-refractivity contribution is 0.0967. The number of hydrogen-bond donors (Lipinski definition) is 2. The van der Waals surface area contributed by atoms with Gasteiger partial charge in [-0.1, -0.05) is 58.5 Å². The molecule has 0 aliphatic carbocycles. The maximum absolute atomic E-state index is 12.3. The second-order valence-electron chi connectivity index (χ2n) is 6.57. The molecule has 0 fully saturated rings. The Balaban J connectivity index is 1.80. The standard InChI is InChI=1S/C22H16Cl4N2O3/c1-11-9-17(27-22(30)28-21(29)14-5-3-4-6-15(14)24)12(2)19(26)20(11)31-18-10-13(23)7-8-16(18)25/h3-10H,1-2H3,(H2,27,28,29,30). The van der Waals surface area contributed by atoms with Crippen molar-refractivity contribution in [2.75, 3.05) is 5.32 Å². The number of carbonyl (C=O) groups is 2. The Bertz CT molecular complexity index is 1180. The molecule has 0 radical (unpaired) electrons. The first-order chi connectivity index (χ1) is 14.7. The summed E-state index contributed by atoms with van der Waals surface area (Å²) in [7, 11) is 0. The van der Waals surface area contributed by atoms with Gasteiger partial charge in [0.25, 0.3) is 5.91 Å². The van der Waals surface area contributed by atoms with E-state index in [1.54, 1.807) is 56.3 Å². The van der Waals surface area contributed by atoms with E-state index in [-0.39, 0.29) is 15.6 Å². The number of anilines is 1. The third kappa shape index (κ3) is 5.43. The number of urea groups is 1. The van der Waals surface area contributed by atoms with Crippen molar-refractivity contribution in [1.29, 1.82) is 0 Å². The molecule has 0 bridgehead atoms. The Labute approximate surface area is 199 Å². The lowest BCUT2D eigenvalue weighted by atomic mass is 10.1. The molecule has 3 rings (SSSR count). The van der Waals surface area contributed by atoms with Crippen LogP contribution in [0.25, 0.3) is 0 Å². The molecule has 0 heterocycles. The molecule has 3 aromatic carbocycles. The van der Waals surface area contributed by atoms with Crippen molar-refractivity contribution in [3.8, 4) is 11.5 Å². The first-order valence-electron chi connectivity index (χ1n) is 8.97. The lowest BCUT2D eigenvalue weighted by Gasteiger charge is -2.17. The highest BCUT2D eigenvalue weighted by molar-refractivity contribution is 6.35. The van der Waals surface area contributed by atoms with Gasteiger partial charge in [-0.25, -0.2) is 4.79 Å². The van der Waals surface area contributed by atoms with Crippen LogP contribution in [-0.4, -0.2) is 11.9 Å². The minimum Gasteiger partial charge on any atom is -0.454 e. The fraction of sp³-hybridized carbons (Fsp3) is 0.0909. The smallest absolute Gasteiger partial charge is 0.326 e. The summed E-state index contributed by atoms with van der Waals surface area (Å²) in [5, 5.41) is 6.22. The molecule has 0 aliphatic heterocycles. The van der Waals surface area contributed by atoms with Gasteiger partial charge in [-0.3, -0.25) is 10.1 Å². The van der Waals surface area contributed by atoms with E-state index in [0.29, 0.717) is 38.4 Å². The minimum atomic E-state index is -0.727. The van der Waals surface area contributed by atoms with Crippen LogP contribution in [0.3, 0.4) is 0 Å². The van der Waals surface area contributed by atoms with Crippen LogP contribution < -0.4 is 15.4 Å². The third-order valence-corrected chi connectivity index (χ3v) is 5.68. The van der Waals surface area contributed by atoms with Crippen molar-refractivity contribution in [3.05, 3.63) is 85.3 Å². The molecule has 3 aromatic rings. The van der Waals surface area contributed by atoms with E-state index in [9.17, 15) is 9.59 Å². The fourth-order valence-corrected chi connectivity index (χ4v) is 3.57. The SMILES string of the molecule is Cc1cc(NC(=O)NC(=O)c2ccccc2Cl)c(C)c(Cl)c1Oc1cc(Cl)ccc1Cl. The molecule has 31 heavy (non-hydrogen) atoms. The zero-order valence-electron chi connectivity index (χ0n) is 16.4. The second-order valence-corrected chi connectivity index (χ2v) is 8.20. The van der Waals surface area contributed by atoms with E-state index in [1.807, 2.05) is 0 Å². The zero-order valence-corrected chi connectivity index (χ0v) is 19.4. The maximum Gasteiger partial charge on any atom is 0.326 e. The van der Waals surface area contributed by atoms with E-state index >= 15 is 0 Å². The number of carbonyl (C=O) groups excluding carboxylic acids is 2. The first-order valence-corrected chi connectivity index (χ1v) is 10.5. The summed E-state index contributed by atoms with van der Waals surface area (Å²) in [6.45, 7) is 3.47. The predicted octanol–water partition coefficient (Wildman–Crippen LogP) is 7.67. The molecule has 9 heteroatoms. The van der Waals surface area contributed by atoms with Crippen LogP contribution >= 0.6 is 46.4 Å².